The normalized spacial score (nSPS) is 16.4. The molecule has 1 aliphatic rings. The van der Waals surface area contributed by atoms with E-state index in [-0.39, 0.29) is 23.4 Å². The van der Waals surface area contributed by atoms with Crippen molar-refractivity contribution in [3.8, 4) is 0 Å². The van der Waals surface area contributed by atoms with Crippen molar-refractivity contribution in [2.75, 3.05) is 13.1 Å². The molecule has 29 heavy (non-hydrogen) atoms. The molecule has 2 aromatic rings. The summed E-state index contributed by atoms with van der Waals surface area (Å²) in [6.07, 6.45) is 4.07. The van der Waals surface area contributed by atoms with Crippen LogP contribution in [0.25, 0.3) is 0 Å². The lowest BCUT2D eigenvalue weighted by molar-refractivity contribution is -0.122. The van der Waals surface area contributed by atoms with Gasteiger partial charge in [0.2, 0.25) is 15.9 Å². The highest BCUT2D eigenvalue weighted by Gasteiger charge is 2.24. The van der Waals surface area contributed by atoms with Gasteiger partial charge < -0.3 is 9.88 Å². The van der Waals surface area contributed by atoms with Gasteiger partial charge in [0.05, 0.1) is 10.9 Å². The first-order valence-electron chi connectivity index (χ1n) is 9.94. The Labute approximate surface area is 171 Å². The zero-order chi connectivity index (χ0) is 21.0. The third-order valence-electron chi connectivity index (χ3n) is 5.32. The van der Waals surface area contributed by atoms with E-state index < -0.39 is 15.6 Å². The molecule has 1 heterocycles. The number of amides is 1. The Kier molecular flexibility index (Phi) is 6.54. The number of rotatable bonds is 7. The smallest absolute Gasteiger partial charge is 0.251 e. The molecule has 1 amide bonds. The zero-order valence-electron chi connectivity index (χ0n) is 16.8. The molecular formula is C21H27N3O4S. The summed E-state index contributed by atoms with van der Waals surface area (Å²) < 4.78 is 27.9. The summed E-state index contributed by atoms with van der Waals surface area (Å²) in [6, 6.07) is 10.4. The average Bonchev–Trinajstić information content (AvgIpc) is 2.70. The maximum absolute atomic E-state index is 12.7. The Morgan fingerprint density at radius 2 is 1.90 bits per heavy atom. The monoisotopic (exact) mass is 417 g/mol. The summed E-state index contributed by atoms with van der Waals surface area (Å²) in [4.78, 5) is 24.8. The Morgan fingerprint density at radius 1 is 1.17 bits per heavy atom. The molecule has 0 bridgehead atoms. The second-order valence-corrected chi connectivity index (χ2v) is 9.07. The van der Waals surface area contributed by atoms with Crippen molar-refractivity contribution in [3.63, 3.8) is 0 Å². The molecule has 1 N–H and O–H groups in total. The molecule has 8 heteroatoms. The van der Waals surface area contributed by atoms with E-state index in [9.17, 15) is 18.0 Å². The van der Waals surface area contributed by atoms with Crippen LogP contribution in [-0.4, -0.2) is 36.3 Å². The van der Waals surface area contributed by atoms with Crippen LogP contribution in [-0.2, 0) is 27.8 Å². The van der Waals surface area contributed by atoms with Gasteiger partial charge in [0.25, 0.3) is 5.56 Å². The molecule has 0 spiro atoms. The highest BCUT2D eigenvalue weighted by Crippen LogP contribution is 2.29. The van der Waals surface area contributed by atoms with Crippen molar-refractivity contribution < 1.29 is 13.2 Å². The summed E-state index contributed by atoms with van der Waals surface area (Å²) in [5, 5.41) is 3.00. The van der Waals surface area contributed by atoms with Gasteiger partial charge in [0.1, 0.15) is 6.54 Å². The van der Waals surface area contributed by atoms with E-state index in [2.05, 4.69) is 11.4 Å². The van der Waals surface area contributed by atoms with E-state index in [0.29, 0.717) is 13.1 Å². The quantitative estimate of drug-likeness (QED) is 0.747. The Morgan fingerprint density at radius 3 is 2.62 bits per heavy atom. The van der Waals surface area contributed by atoms with Gasteiger partial charge in [0, 0.05) is 25.4 Å². The predicted molar refractivity (Wildman–Crippen MR) is 111 cm³/mol. The zero-order valence-corrected chi connectivity index (χ0v) is 17.6. The van der Waals surface area contributed by atoms with Crippen LogP contribution in [0.4, 0.5) is 0 Å². The van der Waals surface area contributed by atoms with Gasteiger partial charge in [-0.05, 0) is 36.5 Å². The van der Waals surface area contributed by atoms with E-state index in [4.69, 9.17) is 0 Å². The Hall–Kier alpha value is -2.45. The molecule has 0 aliphatic heterocycles. The van der Waals surface area contributed by atoms with Gasteiger partial charge >= 0.3 is 0 Å². The van der Waals surface area contributed by atoms with Crippen LogP contribution in [0, 0.1) is 0 Å². The van der Waals surface area contributed by atoms with Crippen LogP contribution < -0.4 is 10.9 Å². The van der Waals surface area contributed by atoms with Crippen molar-refractivity contribution in [3.05, 3.63) is 64.1 Å². The van der Waals surface area contributed by atoms with Crippen molar-refractivity contribution in [2.45, 2.75) is 50.6 Å². The fourth-order valence-corrected chi connectivity index (χ4v) is 5.28. The van der Waals surface area contributed by atoms with Gasteiger partial charge in [0.15, 0.2) is 0 Å². The summed E-state index contributed by atoms with van der Waals surface area (Å²) in [5.74, 6) is -0.314. The number of pyridine rings is 1. The number of carbonyl (C=O) groups excluding carboxylic acids is 1. The lowest BCUT2D eigenvalue weighted by Gasteiger charge is -2.26. The number of aryl methyl sites for hydroxylation is 1. The molecule has 1 atom stereocenters. The number of fused-ring (bicyclic) bond motifs is 1. The van der Waals surface area contributed by atoms with Crippen molar-refractivity contribution >= 4 is 15.9 Å². The number of sulfonamides is 1. The maximum Gasteiger partial charge on any atom is 0.251 e. The number of nitrogens with one attached hydrogen (secondary N) is 1. The fraction of sp³-hybridized carbons (Fsp3) is 0.429. The van der Waals surface area contributed by atoms with Crippen molar-refractivity contribution in [1.82, 2.24) is 14.2 Å². The fourth-order valence-electron chi connectivity index (χ4n) is 3.80. The van der Waals surface area contributed by atoms with Gasteiger partial charge in [-0.3, -0.25) is 9.59 Å². The Balaban J connectivity index is 1.79. The number of hydrogen-bond acceptors (Lipinski definition) is 4. The predicted octanol–water partition coefficient (Wildman–Crippen LogP) is 2.07. The van der Waals surface area contributed by atoms with Gasteiger partial charge in [-0.15, -0.1) is 0 Å². The molecule has 0 radical (unpaired) electrons. The first-order valence-corrected chi connectivity index (χ1v) is 11.4. The van der Waals surface area contributed by atoms with E-state index in [1.54, 1.807) is 13.8 Å². The molecular weight excluding hydrogens is 390 g/mol. The highest BCUT2D eigenvalue weighted by atomic mass is 32.2. The minimum Gasteiger partial charge on any atom is -0.348 e. The van der Waals surface area contributed by atoms with Crippen LogP contribution in [0.15, 0.2) is 52.3 Å². The minimum atomic E-state index is -3.70. The molecule has 1 aromatic carbocycles. The van der Waals surface area contributed by atoms with Crippen LogP contribution in [0.1, 0.15) is 43.9 Å². The van der Waals surface area contributed by atoms with Crippen LogP contribution in [0.3, 0.4) is 0 Å². The second-order valence-electron chi connectivity index (χ2n) is 7.13. The number of benzene rings is 1. The van der Waals surface area contributed by atoms with E-state index in [0.717, 1.165) is 29.4 Å². The maximum atomic E-state index is 12.7. The van der Waals surface area contributed by atoms with Crippen LogP contribution >= 0.6 is 0 Å². The molecule has 3 rings (SSSR count). The van der Waals surface area contributed by atoms with Gasteiger partial charge in [-0.2, -0.15) is 4.31 Å². The molecule has 156 valence electrons. The summed E-state index contributed by atoms with van der Waals surface area (Å²) in [5.41, 5.74) is 1.92. The van der Waals surface area contributed by atoms with Crippen molar-refractivity contribution in [1.29, 1.82) is 0 Å². The van der Waals surface area contributed by atoms with E-state index in [1.807, 2.05) is 18.2 Å². The molecule has 0 fully saturated rings. The van der Waals surface area contributed by atoms with Gasteiger partial charge in [-0.1, -0.05) is 38.1 Å². The lowest BCUT2D eigenvalue weighted by Crippen LogP contribution is -2.36. The van der Waals surface area contributed by atoms with Gasteiger partial charge in [-0.25, -0.2) is 8.42 Å². The van der Waals surface area contributed by atoms with E-state index in [1.165, 1.54) is 28.2 Å². The lowest BCUT2D eigenvalue weighted by atomic mass is 9.88. The van der Waals surface area contributed by atoms with Crippen molar-refractivity contribution in [2.24, 2.45) is 0 Å². The third kappa shape index (κ3) is 4.59. The standard InChI is InChI=1S/C21H27N3O4S/c1-3-24(4-2)29(27,28)17-12-13-21(26)23(14-17)15-20(25)22-19-11-7-9-16-8-5-6-10-18(16)19/h5-6,8,10,12-14,19H,3-4,7,9,11,15H2,1-2H3,(H,22,25). The number of hydrogen-bond donors (Lipinski definition) is 1. The molecule has 0 saturated heterocycles. The molecule has 1 aromatic heterocycles. The first-order chi connectivity index (χ1) is 13.9. The van der Waals surface area contributed by atoms with Crippen LogP contribution in [0.2, 0.25) is 0 Å². The second kappa shape index (κ2) is 8.92. The molecule has 1 aliphatic carbocycles. The summed E-state index contributed by atoms with van der Waals surface area (Å²) >= 11 is 0. The minimum absolute atomic E-state index is 0.0108. The molecule has 0 saturated carbocycles. The third-order valence-corrected chi connectivity index (χ3v) is 7.35. The SMILES string of the molecule is CCN(CC)S(=O)(=O)c1ccc(=O)n(CC(=O)NC2CCCc3ccccc32)c1. The average molecular weight is 418 g/mol. The number of aromatic nitrogens is 1. The summed E-state index contributed by atoms with van der Waals surface area (Å²) in [6.45, 7) is 3.96. The topological polar surface area (TPSA) is 88.5 Å². The largest absolute Gasteiger partial charge is 0.348 e. The molecule has 1 unspecified atom stereocenters. The number of carbonyl (C=O) groups is 1. The number of nitrogens with zero attached hydrogens (tertiary/aromatic N) is 2. The first kappa shape index (κ1) is 21.3. The summed E-state index contributed by atoms with van der Waals surface area (Å²) in [7, 11) is -3.70. The highest BCUT2D eigenvalue weighted by molar-refractivity contribution is 7.89. The van der Waals surface area contributed by atoms with E-state index >= 15 is 0 Å². The Bertz CT molecular complexity index is 1040. The van der Waals surface area contributed by atoms with Crippen LogP contribution in [0.5, 0.6) is 0 Å². The molecule has 7 nitrogen and oxygen atoms in total.